The number of hydrogen-bond donors (Lipinski definition) is 1. The fourth-order valence-electron chi connectivity index (χ4n) is 0.111. The van der Waals surface area contributed by atoms with Gasteiger partial charge in [0.1, 0.15) is 0 Å². The van der Waals surface area contributed by atoms with E-state index in [1.807, 2.05) is 0 Å². The molecular weight excluding hydrogens is 172 g/mol. The quantitative estimate of drug-likeness (QED) is 0.607. The Morgan fingerprint density at radius 1 is 1.50 bits per heavy atom. The zero-order valence-corrected chi connectivity index (χ0v) is 5.62. The lowest BCUT2D eigenvalue weighted by atomic mass is 10.1. The normalized spacial score (nSPS) is 18.2. The fourth-order valence-corrected chi connectivity index (χ4v) is 0.219. The Morgan fingerprint density at radius 3 is 1.80 bits per heavy atom. The first-order valence-corrected chi connectivity index (χ1v) is 2.56. The summed E-state index contributed by atoms with van der Waals surface area (Å²) < 4.78 is 34.6. The molecule has 0 heterocycles. The van der Waals surface area contributed by atoms with E-state index in [0.717, 1.165) is 0 Å². The maximum Gasteiger partial charge on any atom is 0.425 e. The van der Waals surface area contributed by atoms with E-state index in [1.165, 1.54) is 0 Å². The third-order valence-electron chi connectivity index (χ3n) is 0.935. The van der Waals surface area contributed by atoms with E-state index in [9.17, 15) is 18.0 Å². The lowest BCUT2D eigenvalue weighted by molar-refractivity contribution is -0.240. The minimum atomic E-state index is -5.01. The predicted molar refractivity (Wildman–Crippen MR) is 27.5 cm³/mol. The Labute approximate surface area is 59.6 Å². The van der Waals surface area contributed by atoms with Crippen molar-refractivity contribution in [3.05, 3.63) is 0 Å². The lowest BCUT2D eigenvalue weighted by Crippen LogP contribution is -2.47. The highest BCUT2D eigenvalue weighted by Gasteiger charge is 2.54. The molecule has 2 nitrogen and oxygen atoms in total. The number of rotatable bonds is 1. The van der Waals surface area contributed by atoms with Crippen molar-refractivity contribution in [2.75, 3.05) is 0 Å². The average molecular weight is 177 g/mol. The molecule has 6 heteroatoms. The van der Waals surface area contributed by atoms with Gasteiger partial charge in [0.2, 0.25) is 5.60 Å². The van der Waals surface area contributed by atoms with Gasteiger partial charge in [-0.2, -0.15) is 13.2 Å². The first kappa shape index (κ1) is 9.71. The smallest absolute Gasteiger partial charge is 0.373 e. The van der Waals surface area contributed by atoms with Gasteiger partial charge < -0.3 is 5.11 Å². The molecule has 0 fully saturated rings. The molecule has 0 rings (SSSR count). The summed E-state index contributed by atoms with van der Waals surface area (Å²) in [6, 6.07) is 0. The van der Waals surface area contributed by atoms with Gasteiger partial charge in [0.15, 0.2) is 0 Å². The van der Waals surface area contributed by atoms with Gasteiger partial charge in [-0.1, -0.05) is 0 Å². The van der Waals surface area contributed by atoms with Crippen LogP contribution in [0.3, 0.4) is 0 Å². The Morgan fingerprint density at radius 2 is 1.80 bits per heavy atom. The van der Waals surface area contributed by atoms with Crippen molar-refractivity contribution in [3.63, 3.8) is 0 Å². The van der Waals surface area contributed by atoms with E-state index in [0.29, 0.717) is 6.92 Å². The second kappa shape index (κ2) is 2.39. The molecule has 0 amide bonds. The van der Waals surface area contributed by atoms with E-state index in [4.69, 9.17) is 5.11 Å². The summed E-state index contributed by atoms with van der Waals surface area (Å²) >= 11 is 4.45. The summed E-state index contributed by atoms with van der Waals surface area (Å²) in [7, 11) is 0. The highest BCUT2D eigenvalue weighted by atomic mass is 35.5. The van der Waals surface area contributed by atoms with Gasteiger partial charge in [0, 0.05) is 0 Å². The zero-order chi connectivity index (χ0) is 8.58. The topological polar surface area (TPSA) is 37.3 Å². The van der Waals surface area contributed by atoms with Gasteiger partial charge in [-0.3, -0.25) is 4.79 Å². The molecule has 0 unspecified atom stereocenters. The molecule has 60 valence electrons. The van der Waals surface area contributed by atoms with Crippen molar-refractivity contribution in [2.45, 2.75) is 18.7 Å². The van der Waals surface area contributed by atoms with Gasteiger partial charge in [0.05, 0.1) is 0 Å². The molecule has 1 atom stereocenters. The molecule has 0 aromatic carbocycles. The Hall–Kier alpha value is -0.290. The molecule has 0 aromatic heterocycles. The van der Waals surface area contributed by atoms with Crippen LogP contribution in [0.15, 0.2) is 0 Å². The van der Waals surface area contributed by atoms with Crippen molar-refractivity contribution in [1.82, 2.24) is 0 Å². The highest BCUT2D eigenvalue weighted by Crippen LogP contribution is 2.31. The van der Waals surface area contributed by atoms with E-state index in [-0.39, 0.29) is 0 Å². The first-order chi connectivity index (χ1) is 4.19. The summed E-state index contributed by atoms with van der Waals surface area (Å²) in [4.78, 5) is 9.91. The van der Waals surface area contributed by atoms with Crippen LogP contribution in [0.4, 0.5) is 13.2 Å². The Bertz CT molecular complexity index is 151. The SMILES string of the molecule is C[C@@](O)(C(=O)Cl)C(F)(F)F. The first-order valence-electron chi connectivity index (χ1n) is 2.18. The Balaban J connectivity index is 4.57. The maximum absolute atomic E-state index is 11.5. The van der Waals surface area contributed by atoms with Crippen LogP contribution in [0.5, 0.6) is 0 Å². The average Bonchev–Trinajstić information content (AvgIpc) is 1.62. The van der Waals surface area contributed by atoms with Gasteiger partial charge in [-0.15, -0.1) is 0 Å². The van der Waals surface area contributed by atoms with Gasteiger partial charge in [-0.25, -0.2) is 0 Å². The monoisotopic (exact) mass is 176 g/mol. The zero-order valence-electron chi connectivity index (χ0n) is 4.87. The standard InChI is InChI=1S/C4H4ClF3O2/c1-3(10,2(5)9)4(6,7)8/h10H,1H3/t3-/m1/s1. The van der Waals surface area contributed by atoms with Crippen LogP contribution in [0.2, 0.25) is 0 Å². The van der Waals surface area contributed by atoms with Gasteiger partial charge >= 0.3 is 6.18 Å². The van der Waals surface area contributed by atoms with Gasteiger partial charge in [-0.05, 0) is 18.5 Å². The van der Waals surface area contributed by atoms with Crippen LogP contribution in [0, 0.1) is 0 Å². The van der Waals surface area contributed by atoms with Crippen LogP contribution < -0.4 is 0 Å². The van der Waals surface area contributed by atoms with Crippen molar-refractivity contribution in [2.24, 2.45) is 0 Å². The summed E-state index contributed by atoms with van der Waals surface area (Å²) in [6.45, 7) is 0.294. The van der Waals surface area contributed by atoms with Crippen LogP contribution in [0.25, 0.3) is 0 Å². The molecule has 0 aliphatic heterocycles. The Kier molecular flexibility index (Phi) is 2.32. The summed E-state index contributed by atoms with van der Waals surface area (Å²) in [5.41, 5.74) is -3.44. The molecule has 0 aliphatic carbocycles. The van der Waals surface area contributed by atoms with Crippen molar-refractivity contribution >= 4 is 16.8 Å². The van der Waals surface area contributed by atoms with E-state index in [1.54, 1.807) is 0 Å². The fraction of sp³-hybridized carbons (Fsp3) is 0.750. The molecule has 0 saturated carbocycles. The summed E-state index contributed by atoms with van der Waals surface area (Å²) in [5, 5.41) is 6.49. The van der Waals surface area contributed by atoms with E-state index >= 15 is 0 Å². The van der Waals surface area contributed by atoms with Gasteiger partial charge in [0.25, 0.3) is 5.24 Å². The van der Waals surface area contributed by atoms with E-state index < -0.39 is 17.0 Å². The lowest BCUT2D eigenvalue weighted by Gasteiger charge is -2.20. The van der Waals surface area contributed by atoms with Crippen molar-refractivity contribution in [3.8, 4) is 0 Å². The van der Waals surface area contributed by atoms with Crippen LogP contribution in [-0.4, -0.2) is 22.1 Å². The van der Waals surface area contributed by atoms with Crippen LogP contribution in [-0.2, 0) is 4.79 Å². The third kappa shape index (κ3) is 1.60. The molecule has 0 aromatic rings. The van der Waals surface area contributed by atoms with Crippen LogP contribution in [0.1, 0.15) is 6.92 Å². The number of halogens is 4. The molecule has 0 bridgehead atoms. The minimum absolute atomic E-state index is 0.294. The molecule has 0 radical (unpaired) electrons. The number of alkyl halides is 3. The molecule has 10 heavy (non-hydrogen) atoms. The number of hydrogen-bond acceptors (Lipinski definition) is 2. The van der Waals surface area contributed by atoms with Crippen molar-refractivity contribution < 1.29 is 23.1 Å². The van der Waals surface area contributed by atoms with Crippen LogP contribution >= 0.6 is 11.6 Å². The van der Waals surface area contributed by atoms with E-state index in [2.05, 4.69) is 11.6 Å². The van der Waals surface area contributed by atoms with Crippen molar-refractivity contribution in [1.29, 1.82) is 0 Å². The largest absolute Gasteiger partial charge is 0.425 e. The summed E-state index contributed by atoms with van der Waals surface area (Å²) in [5.74, 6) is 0. The summed E-state index contributed by atoms with van der Waals surface area (Å²) in [6.07, 6.45) is -5.01. The second-order valence-corrected chi connectivity index (χ2v) is 2.19. The maximum atomic E-state index is 11.5. The number of carbonyl (C=O) groups excluding carboxylic acids is 1. The minimum Gasteiger partial charge on any atom is -0.373 e. The number of carbonyl (C=O) groups is 1. The molecule has 1 N–H and O–H groups in total. The molecule has 0 spiro atoms. The highest BCUT2D eigenvalue weighted by molar-refractivity contribution is 6.65. The molecule has 0 saturated heterocycles. The third-order valence-corrected chi connectivity index (χ3v) is 1.30. The predicted octanol–water partition coefficient (Wildman–Crippen LogP) is 1.07. The number of aliphatic hydroxyl groups is 1. The molecular formula is C4H4ClF3O2. The second-order valence-electron chi connectivity index (χ2n) is 1.84. The molecule has 0 aliphatic rings.